The van der Waals surface area contributed by atoms with Crippen molar-refractivity contribution in [3.63, 3.8) is 0 Å². The number of ether oxygens (including phenoxy) is 2. The van der Waals surface area contributed by atoms with Gasteiger partial charge in [-0.1, -0.05) is 38.8 Å². The molecular formula is C20H29NO4. The largest absolute Gasteiger partial charge is 0.497 e. The second-order valence-electron chi connectivity index (χ2n) is 6.95. The highest BCUT2D eigenvalue weighted by molar-refractivity contribution is 5.80. The fourth-order valence-corrected chi connectivity index (χ4v) is 3.29. The van der Waals surface area contributed by atoms with E-state index in [1.807, 2.05) is 24.3 Å². The fourth-order valence-electron chi connectivity index (χ4n) is 3.29. The van der Waals surface area contributed by atoms with E-state index in [2.05, 4.69) is 19.2 Å². The molecule has 138 valence electrons. The number of methoxy groups -OCH3 is 1. The van der Waals surface area contributed by atoms with E-state index < -0.39 is 0 Å². The minimum absolute atomic E-state index is 0.189. The van der Waals surface area contributed by atoms with Crippen LogP contribution < -0.4 is 10.1 Å². The van der Waals surface area contributed by atoms with E-state index in [-0.39, 0.29) is 30.9 Å². The minimum atomic E-state index is -0.351. The molecule has 0 aromatic heterocycles. The maximum atomic E-state index is 12.0. The lowest BCUT2D eigenvalue weighted by molar-refractivity contribution is -0.148. The maximum Gasteiger partial charge on any atom is 0.306 e. The lowest BCUT2D eigenvalue weighted by Gasteiger charge is -2.34. The van der Waals surface area contributed by atoms with E-state index in [1.54, 1.807) is 7.11 Å². The standard InChI is InChI=1S/C20H29NO4/c1-14-5-4-6-18(15(14)2)21-19(22)13-25-20(23)12-9-16-7-10-17(24-3)11-8-16/h7-8,10-11,14-15,18H,4-6,9,12-13H2,1-3H3,(H,21,22)/t14-,15+,18-/m0/s1. The summed E-state index contributed by atoms with van der Waals surface area (Å²) < 4.78 is 10.2. The molecular weight excluding hydrogens is 318 g/mol. The molecule has 5 heteroatoms. The Kier molecular flexibility index (Phi) is 7.29. The smallest absolute Gasteiger partial charge is 0.306 e. The van der Waals surface area contributed by atoms with Crippen LogP contribution in [0.1, 0.15) is 45.1 Å². The van der Waals surface area contributed by atoms with E-state index in [9.17, 15) is 9.59 Å². The molecule has 25 heavy (non-hydrogen) atoms. The zero-order chi connectivity index (χ0) is 18.2. The quantitative estimate of drug-likeness (QED) is 0.770. The first-order valence-corrected chi connectivity index (χ1v) is 9.07. The number of rotatable bonds is 7. The van der Waals surface area contributed by atoms with Crippen LogP contribution in [0, 0.1) is 11.8 Å². The van der Waals surface area contributed by atoms with Crippen molar-refractivity contribution in [2.45, 2.75) is 52.0 Å². The van der Waals surface area contributed by atoms with Crippen LogP contribution in [-0.2, 0) is 20.7 Å². The molecule has 1 aliphatic carbocycles. The van der Waals surface area contributed by atoms with Gasteiger partial charge in [0.25, 0.3) is 5.91 Å². The summed E-state index contributed by atoms with van der Waals surface area (Å²) in [6.45, 7) is 4.21. The van der Waals surface area contributed by atoms with Crippen LogP contribution in [0.25, 0.3) is 0 Å². The van der Waals surface area contributed by atoms with Crippen LogP contribution in [0.15, 0.2) is 24.3 Å². The number of benzene rings is 1. The average molecular weight is 347 g/mol. The van der Waals surface area contributed by atoms with E-state index in [0.717, 1.165) is 24.2 Å². The second-order valence-corrected chi connectivity index (χ2v) is 6.95. The average Bonchev–Trinajstić information content (AvgIpc) is 2.62. The molecule has 0 radical (unpaired) electrons. The predicted molar refractivity (Wildman–Crippen MR) is 96.4 cm³/mol. The Bertz CT molecular complexity index is 570. The van der Waals surface area contributed by atoms with Crippen LogP contribution in [0.4, 0.5) is 0 Å². The van der Waals surface area contributed by atoms with Gasteiger partial charge in [0.05, 0.1) is 7.11 Å². The summed E-state index contributed by atoms with van der Waals surface area (Å²) in [6.07, 6.45) is 4.20. The third-order valence-corrected chi connectivity index (χ3v) is 5.19. The summed E-state index contributed by atoms with van der Waals surface area (Å²) in [5.74, 6) is 1.31. The van der Waals surface area contributed by atoms with Crippen LogP contribution in [0.2, 0.25) is 0 Å². The van der Waals surface area contributed by atoms with Gasteiger partial charge in [0.1, 0.15) is 5.75 Å². The van der Waals surface area contributed by atoms with Crippen molar-refractivity contribution >= 4 is 11.9 Å². The first-order valence-electron chi connectivity index (χ1n) is 9.07. The molecule has 1 aromatic carbocycles. The van der Waals surface area contributed by atoms with Gasteiger partial charge in [-0.3, -0.25) is 9.59 Å². The van der Waals surface area contributed by atoms with Crippen molar-refractivity contribution in [2.24, 2.45) is 11.8 Å². The summed E-state index contributed by atoms with van der Waals surface area (Å²) >= 11 is 0. The number of amides is 1. The third-order valence-electron chi connectivity index (χ3n) is 5.19. The lowest BCUT2D eigenvalue weighted by Crippen LogP contribution is -2.45. The van der Waals surface area contributed by atoms with Gasteiger partial charge >= 0.3 is 5.97 Å². The number of nitrogens with one attached hydrogen (secondary N) is 1. The summed E-state index contributed by atoms with van der Waals surface area (Å²) in [5, 5.41) is 3.01. The van der Waals surface area contributed by atoms with Crippen molar-refractivity contribution in [1.82, 2.24) is 5.32 Å². The SMILES string of the molecule is COc1ccc(CCC(=O)OCC(=O)N[C@H]2CCC[C@H](C)[C@H]2C)cc1. The van der Waals surface area contributed by atoms with Gasteiger partial charge in [-0.05, 0) is 42.4 Å². The highest BCUT2D eigenvalue weighted by Crippen LogP contribution is 2.29. The molecule has 0 unspecified atom stereocenters. The summed E-state index contributed by atoms with van der Waals surface area (Å²) in [4.78, 5) is 23.8. The van der Waals surface area contributed by atoms with Gasteiger partial charge in [0.15, 0.2) is 6.61 Å². The summed E-state index contributed by atoms with van der Waals surface area (Å²) in [6, 6.07) is 7.75. The van der Waals surface area contributed by atoms with Gasteiger partial charge in [0, 0.05) is 12.5 Å². The first-order chi connectivity index (χ1) is 12.0. The number of aryl methyl sites for hydroxylation is 1. The van der Waals surface area contributed by atoms with Crippen molar-refractivity contribution in [3.05, 3.63) is 29.8 Å². The Hall–Kier alpha value is -2.04. The van der Waals surface area contributed by atoms with Crippen molar-refractivity contribution < 1.29 is 19.1 Å². The fraction of sp³-hybridized carbons (Fsp3) is 0.600. The topological polar surface area (TPSA) is 64.6 Å². The van der Waals surface area contributed by atoms with Gasteiger partial charge < -0.3 is 14.8 Å². The number of esters is 1. The Morgan fingerprint density at radius 2 is 1.88 bits per heavy atom. The van der Waals surface area contributed by atoms with Gasteiger partial charge in [0.2, 0.25) is 0 Å². The van der Waals surface area contributed by atoms with Crippen LogP contribution in [0.3, 0.4) is 0 Å². The molecule has 3 atom stereocenters. The summed E-state index contributed by atoms with van der Waals surface area (Å²) in [7, 11) is 1.62. The van der Waals surface area contributed by atoms with Crippen LogP contribution >= 0.6 is 0 Å². The third kappa shape index (κ3) is 6.07. The maximum absolute atomic E-state index is 12.0. The van der Waals surface area contributed by atoms with Gasteiger partial charge in [-0.15, -0.1) is 0 Å². The number of hydrogen-bond donors (Lipinski definition) is 1. The Balaban J connectivity index is 1.67. The molecule has 1 aliphatic rings. The number of hydrogen-bond acceptors (Lipinski definition) is 4. The molecule has 0 heterocycles. The zero-order valence-electron chi connectivity index (χ0n) is 15.4. The Morgan fingerprint density at radius 3 is 2.56 bits per heavy atom. The molecule has 2 rings (SSSR count). The molecule has 0 saturated heterocycles. The molecule has 1 amide bonds. The molecule has 0 aliphatic heterocycles. The molecule has 1 fully saturated rings. The molecule has 0 bridgehead atoms. The van der Waals surface area contributed by atoms with Crippen LogP contribution in [-0.4, -0.2) is 31.6 Å². The molecule has 1 N–H and O–H groups in total. The van der Waals surface area contributed by atoms with Crippen molar-refractivity contribution in [1.29, 1.82) is 0 Å². The van der Waals surface area contributed by atoms with E-state index >= 15 is 0 Å². The van der Waals surface area contributed by atoms with Gasteiger partial charge in [-0.25, -0.2) is 0 Å². The zero-order valence-corrected chi connectivity index (χ0v) is 15.4. The Labute approximate surface area is 150 Å². The molecule has 5 nitrogen and oxygen atoms in total. The normalized spacial score (nSPS) is 22.9. The van der Waals surface area contributed by atoms with E-state index in [4.69, 9.17) is 9.47 Å². The second kappa shape index (κ2) is 9.44. The van der Waals surface area contributed by atoms with E-state index in [0.29, 0.717) is 18.3 Å². The highest BCUT2D eigenvalue weighted by atomic mass is 16.5. The number of carbonyl (C=O) groups excluding carboxylic acids is 2. The van der Waals surface area contributed by atoms with Gasteiger partial charge in [-0.2, -0.15) is 0 Å². The predicted octanol–water partition coefficient (Wildman–Crippen LogP) is 3.11. The monoisotopic (exact) mass is 347 g/mol. The van der Waals surface area contributed by atoms with Crippen LogP contribution in [0.5, 0.6) is 5.75 Å². The summed E-state index contributed by atoms with van der Waals surface area (Å²) in [5.41, 5.74) is 1.03. The van der Waals surface area contributed by atoms with Crippen molar-refractivity contribution in [3.8, 4) is 5.75 Å². The Morgan fingerprint density at radius 1 is 1.16 bits per heavy atom. The highest BCUT2D eigenvalue weighted by Gasteiger charge is 2.28. The number of carbonyl (C=O) groups is 2. The molecule has 0 spiro atoms. The van der Waals surface area contributed by atoms with E-state index in [1.165, 1.54) is 6.42 Å². The molecule has 1 aromatic rings. The van der Waals surface area contributed by atoms with Crippen molar-refractivity contribution in [2.75, 3.05) is 13.7 Å². The lowest BCUT2D eigenvalue weighted by atomic mass is 9.78. The first kappa shape index (κ1) is 19.3. The molecule has 1 saturated carbocycles. The minimum Gasteiger partial charge on any atom is -0.497 e.